The summed E-state index contributed by atoms with van der Waals surface area (Å²) in [5, 5.41) is 3.44. The van der Waals surface area contributed by atoms with Gasteiger partial charge in [0.2, 0.25) is 11.8 Å². The predicted molar refractivity (Wildman–Crippen MR) is 106 cm³/mol. The predicted octanol–water partition coefficient (Wildman–Crippen LogP) is 2.80. The van der Waals surface area contributed by atoms with Crippen LogP contribution in [0.15, 0.2) is 53.2 Å². The van der Waals surface area contributed by atoms with Gasteiger partial charge >= 0.3 is 0 Å². The Labute approximate surface area is 163 Å². The highest BCUT2D eigenvalue weighted by atomic mass is 35.5. The zero-order valence-corrected chi connectivity index (χ0v) is 15.7. The summed E-state index contributed by atoms with van der Waals surface area (Å²) in [6.07, 6.45) is 4.81. The van der Waals surface area contributed by atoms with Crippen molar-refractivity contribution in [1.29, 1.82) is 0 Å². The van der Waals surface area contributed by atoms with E-state index in [4.69, 9.17) is 16.0 Å². The molecule has 0 unspecified atom stereocenters. The lowest BCUT2D eigenvalue weighted by Crippen LogP contribution is -2.49. The van der Waals surface area contributed by atoms with Crippen molar-refractivity contribution in [2.45, 2.75) is 6.42 Å². The molecule has 142 valence electrons. The molecule has 1 N–H and O–H groups in total. The zero-order valence-electron chi connectivity index (χ0n) is 14.9. The Kier molecular flexibility index (Phi) is 6.54. The first kappa shape index (κ1) is 19.0. The Bertz CT molecular complexity index is 797. The number of furan rings is 1. The van der Waals surface area contributed by atoms with Crippen molar-refractivity contribution in [3.63, 3.8) is 0 Å². The molecule has 1 fully saturated rings. The van der Waals surface area contributed by atoms with Crippen LogP contribution in [-0.2, 0) is 9.59 Å². The highest BCUT2D eigenvalue weighted by molar-refractivity contribution is 6.33. The highest BCUT2D eigenvalue weighted by Crippen LogP contribution is 2.26. The lowest BCUT2D eigenvalue weighted by Gasteiger charge is -2.36. The number of carbonyl (C=O) groups excluding carboxylic acids is 2. The summed E-state index contributed by atoms with van der Waals surface area (Å²) in [5.74, 6) is 0.407. The maximum Gasteiger partial charge on any atom is 0.244 e. The Hall–Kier alpha value is -2.73. The molecule has 1 aromatic heterocycles. The van der Waals surface area contributed by atoms with Crippen LogP contribution in [0.2, 0.25) is 5.02 Å². The molecule has 0 spiro atoms. The number of hydrogen-bond acceptors (Lipinski definition) is 4. The standard InChI is InChI=1S/C20H22ClN3O3/c21-17-5-1-2-6-18(17)23-11-13-24(14-12-23)20(26)9-10-22-19(25)8-7-16-4-3-15-27-16/h1-8,15H,9-14H2,(H,22,25)/b8-7+. The van der Waals surface area contributed by atoms with Gasteiger partial charge in [0, 0.05) is 45.2 Å². The number of amides is 2. The molecule has 1 aliphatic heterocycles. The number of rotatable bonds is 6. The molecule has 3 rings (SSSR count). The summed E-state index contributed by atoms with van der Waals surface area (Å²) in [6.45, 7) is 3.10. The molecule has 6 nitrogen and oxygen atoms in total. The van der Waals surface area contributed by atoms with Gasteiger partial charge in [0.05, 0.1) is 17.0 Å². The largest absolute Gasteiger partial charge is 0.465 e. The minimum atomic E-state index is -0.247. The van der Waals surface area contributed by atoms with Crippen LogP contribution in [0.5, 0.6) is 0 Å². The van der Waals surface area contributed by atoms with E-state index in [9.17, 15) is 9.59 Å². The first-order valence-electron chi connectivity index (χ1n) is 8.90. The summed E-state index contributed by atoms with van der Waals surface area (Å²) >= 11 is 6.24. The van der Waals surface area contributed by atoms with Crippen molar-refractivity contribution in [2.24, 2.45) is 0 Å². The number of nitrogens with zero attached hydrogens (tertiary/aromatic N) is 2. The number of para-hydroxylation sites is 1. The van der Waals surface area contributed by atoms with Gasteiger partial charge in [-0.3, -0.25) is 9.59 Å². The normalized spacial score (nSPS) is 14.6. The SMILES string of the molecule is O=C(/C=C/c1ccco1)NCCC(=O)N1CCN(c2ccccc2Cl)CC1. The number of hydrogen-bond donors (Lipinski definition) is 1. The highest BCUT2D eigenvalue weighted by Gasteiger charge is 2.21. The summed E-state index contributed by atoms with van der Waals surface area (Å²) in [6, 6.07) is 11.2. The van der Waals surface area contributed by atoms with Crippen LogP contribution in [0.25, 0.3) is 6.08 Å². The fourth-order valence-electron chi connectivity index (χ4n) is 2.96. The van der Waals surface area contributed by atoms with Crippen molar-refractivity contribution in [2.75, 3.05) is 37.6 Å². The smallest absolute Gasteiger partial charge is 0.244 e. The third kappa shape index (κ3) is 5.37. The van der Waals surface area contributed by atoms with Gasteiger partial charge in [-0.15, -0.1) is 0 Å². The third-order valence-corrected chi connectivity index (χ3v) is 4.73. The maximum atomic E-state index is 12.3. The van der Waals surface area contributed by atoms with Crippen LogP contribution in [-0.4, -0.2) is 49.4 Å². The minimum absolute atomic E-state index is 0.0455. The van der Waals surface area contributed by atoms with Crippen molar-refractivity contribution < 1.29 is 14.0 Å². The molecule has 27 heavy (non-hydrogen) atoms. The van der Waals surface area contributed by atoms with E-state index < -0.39 is 0 Å². The van der Waals surface area contributed by atoms with Gasteiger partial charge in [-0.05, 0) is 30.3 Å². The molecule has 1 aliphatic rings. The number of nitrogens with one attached hydrogen (secondary N) is 1. The molecular weight excluding hydrogens is 366 g/mol. The molecule has 1 saturated heterocycles. The molecule has 0 radical (unpaired) electrons. The minimum Gasteiger partial charge on any atom is -0.465 e. The van der Waals surface area contributed by atoms with Gasteiger partial charge in [-0.1, -0.05) is 23.7 Å². The van der Waals surface area contributed by atoms with Crippen LogP contribution >= 0.6 is 11.6 Å². The zero-order chi connectivity index (χ0) is 19.1. The number of anilines is 1. The van der Waals surface area contributed by atoms with E-state index in [0.717, 1.165) is 23.8 Å². The van der Waals surface area contributed by atoms with Crippen molar-refractivity contribution in [1.82, 2.24) is 10.2 Å². The number of benzene rings is 1. The number of piperazine rings is 1. The lowest BCUT2D eigenvalue weighted by molar-refractivity contribution is -0.131. The summed E-state index contributed by atoms with van der Waals surface area (Å²) in [4.78, 5) is 28.1. The molecule has 0 saturated carbocycles. The average molecular weight is 388 g/mol. The molecule has 2 amide bonds. The molecule has 2 aromatic rings. The van der Waals surface area contributed by atoms with E-state index in [-0.39, 0.29) is 18.2 Å². The Balaban J connectivity index is 1.38. The maximum absolute atomic E-state index is 12.3. The number of carbonyl (C=O) groups is 2. The topological polar surface area (TPSA) is 65.8 Å². The lowest BCUT2D eigenvalue weighted by atomic mass is 10.2. The molecular formula is C20H22ClN3O3. The molecule has 7 heteroatoms. The fraction of sp³-hybridized carbons (Fsp3) is 0.300. The molecule has 0 bridgehead atoms. The van der Waals surface area contributed by atoms with Crippen molar-refractivity contribution in [3.8, 4) is 0 Å². The molecule has 2 heterocycles. The van der Waals surface area contributed by atoms with E-state index >= 15 is 0 Å². The Morgan fingerprint density at radius 3 is 2.59 bits per heavy atom. The fourth-order valence-corrected chi connectivity index (χ4v) is 3.21. The van der Waals surface area contributed by atoms with Crippen LogP contribution in [0, 0.1) is 0 Å². The molecule has 0 aliphatic carbocycles. The summed E-state index contributed by atoms with van der Waals surface area (Å²) in [7, 11) is 0. The Morgan fingerprint density at radius 1 is 1.11 bits per heavy atom. The first-order chi connectivity index (χ1) is 13.1. The van der Waals surface area contributed by atoms with Crippen molar-refractivity contribution in [3.05, 3.63) is 59.5 Å². The van der Waals surface area contributed by atoms with E-state index in [0.29, 0.717) is 25.4 Å². The third-order valence-electron chi connectivity index (χ3n) is 4.41. The second-order valence-corrected chi connectivity index (χ2v) is 6.62. The quantitative estimate of drug-likeness (QED) is 0.774. The van der Waals surface area contributed by atoms with E-state index in [1.165, 1.54) is 6.08 Å². The second-order valence-electron chi connectivity index (χ2n) is 6.21. The van der Waals surface area contributed by atoms with Crippen LogP contribution < -0.4 is 10.2 Å². The second kappa shape index (κ2) is 9.28. The summed E-state index contributed by atoms with van der Waals surface area (Å²) < 4.78 is 5.11. The average Bonchev–Trinajstić information content (AvgIpc) is 3.20. The van der Waals surface area contributed by atoms with Gasteiger partial charge in [-0.25, -0.2) is 0 Å². The van der Waals surface area contributed by atoms with Gasteiger partial charge in [0.1, 0.15) is 5.76 Å². The molecule has 0 atom stereocenters. The Morgan fingerprint density at radius 2 is 1.89 bits per heavy atom. The van der Waals surface area contributed by atoms with Crippen LogP contribution in [0.3, 0.4) is 0 Å². The van der Waals surface area contributed by atoms with E-state index in [1.807, 2.05) is 29.2 Å². The number of halogens is 1. The van der Waals surface area contributed by atoms with Gasteiger partial charge in [0.25, 0.3) is 0 Å². The van der Waals surface area contributed by atoms with E-state index in [2.05, 4.69) is 10.2 Å². The van der Waals surface area contributed by atoms with Gasteiger partial charge in [0.15, 0.2) is 0 Å². The monoisotopic (exact) mass is 387 g/mol. The van der Waals surface area contributed by atoms with Gasteiger partial charge < -0.3 is 19.5 Å². The summed E-state index contributed by atoms with van der Waals surface area (Å²) in [5.41, 5.74) is 1.00. The first-order valence-corrected chi connectivity index (χ1v) is 9.28. The van der Waals surface area contributed by atoms with Gasteiger partial charge in [-0.2, -0.15) is 0 Å². The van der Waals surface area contributed by atoms with E-state index in [1.54, 1.807) is 24.5 Å². The molecule has 1 aromatic carbocycles. The van der Waals surface area contributed by atoms with Crippen LogP contribution in [0.1, 0.15) is 12.2 Å². The van der Waals surface area contributed by atoms with Crippen LogP contribution in [0.4, 0.5) is 5.69 Å². The van der Waals surface area contributed by atoms with Crippen molar-refractivity contribution >= 4 is 35.2 Å².